The lowest BCUT2D eigenvalue weighted by Gasteiger charge is -2.19. The summed E-state index contributed by atoms with van der Waals surface area (Å²) in [4.78, 5) is 34.2. The highest BCUT2D eigenvalue weighted by Gasteiger charge is 2.40. The van der Waals surface area contributed by atoms with Crippen molar-refractivity contribution in [3.05, 3.63) is 88.3 Å². The molecule has 3 atom stereocenters. The fourth-order valence-electron chi connectivity index (χ4n) is 4.24. The van der Waals surface area contributed by atoms with Crippen molar-refractivity contribution in [1.29, 1.82) is 0 Å². The van der Waals surface area contributed by atoms with Gasteiger partial charge in [-0.2, -0.15) is 0 Å². The standard InChI is InChI=1S/C27H25ClN4O6/c1-15-3-7-17(8-4-15)26(33)36-13-21-20(38-27(34)18-9-5-16(2)6-10-18)12-23(37-21)32-14-29-24-19(31-35)11-22(28)30-25(24)32/h3-11,14,20-21,23,35H,12-13H2,1-2H3,(H,30,31)/t20-,21+,23+/m0/s1. The van der Waals surface area contributed by atoms with E-state index in [0.717, 1.165) is 11.1 Å². The molecule has 2 aromatic carbocycles. The number of aromatic nitrogens is 3. The van der Waals surface area contributed by atoms with Gasteiger partial charge in [-0.15, -0.1) is 0 Å². The monoisotopic (exact) mass is 536 g/mol. The molecule has 38 heavy (non-hydrogen) atoms. The number of rotatable bonds is 7. The van der Waals surface area contributed by atoms with E-state index >= 15 is 0 Å². The van der Waals surface area contributed by atoms with Crippen molar-refractivity contribution in [3.63, 3.8) is 0 Å². The predicted molar refractivity (Wildman–Crippen MR) is 138 cm³/mol. The number of halogens is 1. The second-order valence-electron chi connectivity index (χ2n) is 9.07. The van der Waals surface area contributed by atoms with Crippen molar-refractivity contribution in [2.24, 2.45) is 0 Å². The lowest BCUT2D eigenvalue weighted by atomic mass is 10.1. The molecule has 0 unspecified atom stereocenters. The summed E-state index contributed by atoms with van der Waals surface area (Å²) in [6.07, 6.45) is -0.399. The molecule has 196 valence electrons. The summed E-state index contributed by atoms with van der Waals surface area (Å²) in [6.45, 7) is 3.71. The summed E-state index contributed by atoms with van der Waals surface area (Å²) >= 11 is 6.12. The fraction of sp³-hybridized carbons (Fsp3) is 0.259. The zero-order valence-corrected chi connectivity index (χ0v) is 21.4. The number of ether oxygens (including phenoxy) is 3. The van der Waals surface area contributed by atoms with E-state index in [1.54, 1.807) is 28.8 Å². The Hall–Kier alpha value is -3.99. The highest BCUT2D eigenvalue weighted by atomic mass is 35.5. The summed E-state index contributed by atoms with van der Waals surface area (Å²) in [5.41, 5.74) is 5.92. The van der Waals surface area contributed by atoms with Gasteiger partial charge >= 0.3 is 11.9 Å². The van der Waals surface area contributed by atoms with Gasteiger partial charge in [-0.3, -0.25) is 15.3 Å². The molecule has 3 heterocycles. The quantitative estimate of drug-likeness (QED) is 0.193. The second kappa shape index (κ2) is 10.8. The SMILES string of the molecule is Cc1ccc(C(=O)OC[C@H]2O[C@@H](n3cnc4c(NO)cc(Cl)nc43)C[C@@H]2OC(=O)c2ccc(C)cc2)cc1. The Morgan fingerprint density at radius 1 is 1.08 bits per heavy atom. The van der Waals surface area contributed by atoms with Gasteiger partial charge in [-0.05, 0) is 38.1 Å². The number of anilines is 1. The molecule has 2 N–H and O–H groups in total. The zero-order valence-electron chi connectivity index (χ0n) is 20.6. The maximum absolute atomic E-state index is 12.9. The number of hydrogen-bond acceptors (Lipinski definition) is 9. The summed E-state index contributed by atoms with van der Waals surface area (Å²) < 4.78 is 19.2. The number of benzene rings is 2. The van der Waals surface area contributed by atoms with E-state index < -0.39 is 30.4 Å². The lowest BCUT2D eigenvalue weighted by molar-refractivity contribution is -0.0563. The van der Waals surface area contributed by atoms with Crippen LogP contribution in [0.25, 0.3) is 11.2 Å². The summed E-state index contributed by atoms with van der Waals surface area (Å²) in [6, 6.07) is 15.5. The third-order valence-electron chi connectivity index (χ3n) is 6.32. The average Bonchev–Trinajstić information content (AvgIpc) is 3.51. The number of carbonyl (C=O) groups excluding carboxylic acids is 2. The van der Waals surface area contributed by atoms with Gasteiger partial charge in [0.25, 0.3) is 0 Å². The highest BCUT2D eigenvalue weighted by molar-refractivity contribution is 6.30. The minimum atomic E-state index is -0.754. The molecular formula is C27H25ClN4O6. The van der Waals surface area contributed by atoms with Crippen molar-refractivity contribution >= 4 is 40.4 Å². The van der Waals surface area contributed by atoms with Crippen LogP contribution in [0.3, 0.4) is 0 Å². The topological polar surface area (TPSA) is 125 Å². The maximum atomic E-state index is 12.9. The van der Waals surface area contributed by atoms with E-state index in [1.807, 2.05) is 38.1 Å². The number of nitrogens with zero attached hydrogens (tertiary/aromatic N) is 3. The first kappa shape index (κ1) is 25.7. The molecule has 0 bridgehead atoms. The molecule has 10 nitrogen and oxygen atoms in total. The first-order chi connectivity index (χ1) is 18.3. The van der Waals surface area contributed by atoms with Crippen LogP contribution in [0.4, 0.5) is 5.69 Å². The van der Waals surface area contributed by atoms with Crippen molar-refractivity contribution in [2.75, 3.05) is 12.1 Å². The number of carbonyl (C=O) groups is 2. The average molecular weight is 537 g/mol. The molecule has 0 aliphatic carbocycles. The van der Waals surface area contributed by atoms with Gasteiger partial charge in [0.1, 0.15) is 35.7 Å². The van der Waals surface area contributed by atoms with Gasteiger partial charge in [0, 0.05) is 12.5 Å². The number of aryl methyl sites for hydroxylation is 2. The number of nitrogens with one attached hydrogen (secondary N) is 1. The second-order valence-corrected chi connectivity index (χ2v) is 9.45. The van der Waals surface area contributed by atoms with Crippen LogP contribution in [-0.4, -0.2) is 50.5 Å². The Morgan fingerprint density at radius 3 is 2.34 bits per heavy atom. The van der Waals surface area contributed by atoms with Crippen LogP contribution in [0, 0.1) is 13.8 Å². The molecule has 2 aromatic heterocycles. The number of esters is 2. The highest BCUT2D eigenvalue weighted by Crippen LogP contribution is 2.35. The first-order valence-electron chi connectivity index (χ1n) is 11.9. The van der Waals surface area contributed by atoms with Crippen molar-refractivity contribution in [1.82, 2.24) is 14.5 Å². The molecule has 1 aliphatic rings. The first-order valence-corrected chi connectivity index (χ1v) is 12.3. The van der Waals surface area contributed by atoms with E-state index in [9.17, 15) is 14.8 Å². The molecule has 0 amide bonds. The molecule has 4 aromatic rings. The lowest BCUT2D eigenvalue weighted by Crippen LogP contribution is -2.32. The van der Waals surface area contributed by atoms with Crippen LogP contribution in [0.1, 0.15) is 44.5 Å². The third-order valence-corrected chi connectivity index (χ3v) is 6.52. The van der Waals surface area contributed by atoms with Crippen LogP contribution in [0.2, 0.25) is 5.15 Å². The normalized spacial score (nSPS) is 18.9. The van der Waals surface area contributed by atoms with Crippen LogP contribution in [-0.2, 0) is 14.2 Å². The van der Waals surface area contributed by atoms with Crippen LogP contribution in [0.5, 0.6) is 0 Å². The van der Waals surface area contributed by atoms with Gasteiger partial charge in [0.2, 0.25) is 0 Å². The van der Waals surface area contributed by atoms with Crippen LogP contribution in [0.15, 0.2) is 60.9 Å². The largest absolute Gasteiger partial charge is 0.459 e. The van der Waals surface area contributed by atoms with Crippen molar-refractivity contribution in [2.45, 2.75) is 38.7 Å². The van der Waals surface area contributed by atoms with Gasteiger partial charge in [0.15, 0.2) is 5.65 Å². The maximum Gasteiger partial charge on any atom is 0.338 e. The summed E-state index contributed by atoms with van der Waals surface area (Å²) in [7, 11) is 0. The van der Waals surface area contributed by atoms with Crippen molar-refractivity contribution < 1.29 is 29.0 Å². The van der Waals surface area contributed by atoms with E-state index in [1.165, 1.54) is 12.4 Å². The van der Waals surface area contributed by atoms with Crippen LogP contribution >= 0.6 is 11.6 Å². The number of fused-ring (bicyclic) bond motifs is 1. The number of hydrogen-bond donors (Lipinski definition) is 2. The Kier molecular flexibility index (Phi) is 7.28. The zero-order chi connectivity index (χ0) is 26.8. The number of imidazole rings is 1. The Bertz CT molecular complexity index is 1470. The van der Waals surface area contributed by atoms with Gasteiger partial charge in [-0.25, -0.2) is 19.6 Å². The number of pyridine rings is 1. The van der Waals surface area contributed by atoms with Gasteiger partial charge < -0.3 is 14.2 Å². The minimum Gasteiger partial charge on any atom is -0.459 e. The van der Waals surface area contributed by atoms with Gasteiger partial charge in [-0.1, -0.05) is 47.0 Å². The molecule has 1 fully saturated rings. The molecule has 0 spiro atoms. The molecule has 1 aliphatic heterocycles. The molecule has 5 rings (SSSR count). The molecule has 0 saturated carbocycles. The van der Waals surface area contributed by atoms with Gasteiger partial charge in [0.05, 0.1) is 23.1 Å². The molecular weight excluding hydrogens is 512 g/mol. The van der Waals surface area contributed by atoms with E-state index in [0.29, 0.717) is 22.3 Å². The fourth-order valence-corrected chi connectivity index (χ4v) is 4.43. The minimum absolute atomic E-state index is 0.139. The van der Waals surface area contributed by atoms with Crippen molar-refractivity contribution in [3.8, 4) is 0 Å². The summed E-state index contributed by atoms with van der Waals surface area (Å²) in [5.74, 6) is -1.03. The Morgan fingerprint density at radius 2 is 1.71 bits per heavy atom. The Balaban J connectivity index is 1.38. The third kappa shape index (κ3) is 5.33. The Labute approximate surface area is 223 Å². The van der Waals surface area contributed by atoms with Crippen LogP contribution < -0.4 is 5.48 Å². The van der Waals surface area contributed by atoms with E-state index in [-0.39, 0.29) is 23.9 Å². The molecule has 11 heteroatoms. The predicted octanol–water partition coefficient (Wildman–Crippen LogP) is 4.87. The molecule has 1 saturated heterocycles. The summed E-state index contributed by atoms with van der Waals surface area (Å²) in [5, 5.41) is 9.59. The molecule has 0 radical (unpaired) electrons. The van der Waals surface area contributed by atoms with E-state index in [4.69, 9.17) is 25.8 Å². The van der Waals surface area contributed by atoms with E-state index in [2.05, 4.69) is 15.4 Å². The smallest absolute Gasteiger partial charge is 0.338 e.